The molecule has 1 saturated heterocycles. The number of aliphatic imine (C=N–C) groups is 1. The normalized spacial score (nSPS) is 18.7. The molecule has 2 aromatic carbocycles. The van der Waals surface area contributed by atoms with Gasteiger partial charge in [-0.1, -0.05) is 60.7 Å². The van der Waals surface area contributed by atoms with Crippen LogP contribution in [0.25, 0.3) is 0 Å². The minimum absolute atomic E-state index is 0.0249. The Morgan fingerprint density at radius 3 is 2.23 bits per heavy atom. The molecular weight excluding hydrogens is 328 g/mol. The van der Waals surface area contributed by atoms with Crippen molar-refractivity contribution in [3.63, 3.8) is 0 Å². The maximum Gasteiger partial charge on any atom is 0.410 e. The number of rotatable bonds is 4. The minimum Gasteiger partial charge on any atom is -0.465 e. The first kappa shape index (κ1) is 18.1. The van der Waals surface area contributed by atoms with Gasteiger partial charge >= 0.3 is 6.09 Å². The molecule has 1 aliphatic heterocycles. The van der Waals surface area contributed by atoms with Crippen LogP contribution in [0.5, 0.6) is 0 Å². The summed E-state index contributed by atoms with van der Waals surface area (Å²) in [5.74, 6) is 0.460. The molecule has 6 heteroatoms. The van der Waals surface area contributed by atoms with Crippen molar-refractivity contribution in [1.82, 2.24) is 15.5 Å². The summed E-state index contributed by atoms with van der Waals surface area (Å²) in [6.45, 7) is 2.28. The molecule has 3 rings (SSSR count). The van der Waals surface area contributed by atoms with Gasteiger partial charge in [-0.05, 0) is 11.1 Å². The van der Waals surface area contributed by atoms with E-state index >= 15 is 0 Å². The molecule has 1 unspecified atom stereocenters. The summed E-state index contributed by atoms with van der Waals surface area (Å²) in [4.78, 5) is 17.7. The van der Waals surface area contributed by atoms with Gasteiger partial charge in [-0.2, -0.15) is 0 Å². The Morgan fingerprint density at radius 2 is 1.73 bits per heavy atom. The number of piperazine rings is 1. The first-order valence-electron chi connectivity index (χ1n) is 8.73. The van der Waals surface area contributed by atoms with E-state index in [9.17, 15) is 9.90 Å². The molecule has 26 heavy (non-hydrogen) atoms. The molecule has 6 nitrogen and oxygen atoms in total. The predicted molar refractivity (Wildman–Crippen MR) is 103 cm³/mol. The summed E-state index contributed by atoms with van der Waals surface area (Å²) >= 11 is 0. The maximum absolute atomic E-state index is 11.2. The monoisotopic (exact) mass is 352 g/mol. The first-order valence-corrected chi connectivity index (χ1v) is 8.73. The number of nitrogens with zero attached hydrogens (tertiary/aromatic N) is 2. The van der Waals surface area contributed by atoms with Gasteiger partial charge in [0.15, 0.2) is 0 Å². The topological polar surface area (TPSA) is 77.0 Å². The van der Waals surface area contributed by atoms with Crippen molar-refractivity contribution in [1.29, 1.82) is 0 Å². The molecule has 1 fully saturated rings. The summed E-state index contributed by atoms with van der Waals surface area (Å²) in [5.41, 5.74) is 2.35. The van der Waals surface area contributed by atoms with E-state index in [1.54, 1.807) is 7.05 Å². The Kier molecular flexibility index (Phi) is 5.99. The summed E-state index contributed by atoms with van der Waals surface area (Å²) in [6, 6.07) is 20.5. The average molecular weight is 352 g/mol. The van der Waals surface area contributed by atoms with Gasteiger partial charge in [0.2, 0.25) is 0 Å². The lowest BCUT2D eigenvalue weighted by Crippen LogP contribution is -2.59. The zero-order valence-electron chi connectivity index (χ0n) is 14.8. The van der Waals surface area contributed by atoms with Crippen molar-refractivity contribution in [3.8, 4) is 0 Å². The van der Waals surface area contributed by atoms with E-state index in [-0.39, 0.29) is 12.1 Å². The zero-order valence-corrected chi connectivity index (χ0v) is 14.8. The van der Waals surface area contributed by atoms with Crippen molar-refractivity contribution in [3.05, 3.63) is 71.8 Å². The molecule has 0 aromatic heterocycles. The van der Waals surface area contributed by atoms with Crippen LogP contribution in [0, 0.1) is 0 Å². The lowest BCUT2D eigenvalue weighted by molar-refractivity contribution is 0.160. The third-order valence-corrected chi connectivity index (χ3v) is 4.64. The summed E-state index contributed by atoms with van der Waals surface area (Å²) in [6.07, 6.45) is -1.09. The van der Waals surface area contributed by atoms with Crippen LogP contribution in [0.3, 0.4) is 0 Å². The van der Waals surface area contributed by atoms with Crippen LogP contribution in [-0.4, -0.2) is 54.7 Å². The zero-order chi connectivity index (χ0) is 18.4. The Labute approximate surface area is 153 Å². The molecule has 1 amide bonds. The second-order valence-corrected chi connectivity index (χ2v) is 6.22. The highest BCUT2D eigenvalue weighted by atomic mass is 16.4. The Morgan fingerprint density at radius 1 is 1.15 bits per heavy atom. The Hall–Kier alpha value is -2.70. The molecule has 0 radical (unpaired) electrons. The maximum atomic E-state index is 11.2. The highest BCUT2D eigenvalue weighted by Gasteiger charge is 2.34. The van der Waals surface area contributed by atoms with Crippen molar-refractivity contribution in [2.45, 2.75) is 12.1 Å². The number of nitrogens with one attached hydrogen (secondary N) is 2. The van der Waals surface area contributed by atoms with Gasteiger partial charge in [0, 0.05) is 26.7 Å². The molecule has 0 saturated carbocycles. The average Bonchev–Trinajstić information content (AvgIpc) is 2.68. The molecule has 0 spiro atoms. The number of carboxylic acid groups (broad SMARTS) is 1. The second-order valence-electron chi connectivity index (χ2n) is 6.22. The van der Waals surface area contributed by atoms with Gasteiger partial charge in [-0.15, -0.1) is 0 Å². The molecule has 136 valence electrons. The second kappa shape index (κ2) is 8.60. The molecule has 0 bridgehead atoms. The fraction of sp³-hybridized carbons (Fsp3) is 0.300. The Bertz CT molecular complexity index is 709. The van der Waals surface area contributed by atoms with Gasteiger partial charge in [0.05, 0.1) is 12.1 Å². The fourth-order valence-electron chi connectivity index (χ4n) is 3.53. The SMILES string of the molecule is CN=C(NC(=O)O)C1CNCCN1C(c1ccccc1)c1ccccc1. The van der Waals surface area contributed by atoms with Crippen LogP contribution in [-0.2, 0) is 0 Å². The van der Waals surface area contributed by atoms with Crippen LogP contribution in [0.4, 0.5) is 4.79 Å². The van der Waals surface area contributed by atoms with Gasteiger partial charge in [-0.3, -0.25) is 15.2 Å². The van der Waals surface area contributed by atoms with Crippen molar-refractivity contribution in [2.75, 3.05) is 26.7 Å². The van der Waals surface area contributed by atoms with Gasteiger partial charge in [0.1, 0.15) is 5.84 Å². The summed E-state index contributed by atoms with van der Waals surface area (Å²) in [5, 5.41) is 15.0. The lowest BCUT2D eigenvalue weighted by Gasteiger charge is -2.42. The standard InChI is InChI=1S/C20H24N4O2/c1-21-19(23-20(25)26)17-14-22-12-13-24(17)18(15-8-4-2-5-9-15)16-10-6-3-7-11-16/h2-11,17-18,22H,12-14H2,1H3,(H,21,23)(H,25,26). The van der Waals surface area contributed by atoms with Crippen LogP contribution in [0.2, 0.25) is 0 Å². The number of amides is 1. The minimum atomic E-state index is -1.09. The van der Waals surface area contributed by atoms with E-state index in [0.29, 0.717) is 12.4 Å². The highest BCUT2D eigenvalue weighted by Crippen LogP contribution is 2.31. The van der Waals surface area contributed by atoms with E-state index in [1.165, 1.54) is 11.1 Å². The number of amidine groups is 1. The van der Waals surface area contributed by atoms with Crippen LogP contribution in [0.15, 0.2) is 65.7 Å². The number of hydrogen-bond acceptors (Lipinski definition) is 4. The van der Waals surface area contributed by atoms with E-state index < -0.39 is 6.09 Å². The molecule has 1 heterocycles. The van der Waals surface area contributed by atoms with Crippen LogP contribution >= 0.6 is 0 Å². The molecule has 0 aliphatic carbocycles. The van der Waals surface area contributed by atoms with E-state index in [1.807, 2.05) is 36.4 Å². The van der Waals surface area contributed by atoms with Gasteiger partial charge in [0.25, 0.3) is 0 Å². The third kappa shape index (κ3) is 4.09. The summed E-state index contributed by atoms with van der Waals surface area (Å²) in [7, 11) is 1.62. The fourth-order valence-corrected chi connectivity index (χ4v) is 3.53. The largest absolute Gasteiger partial charge is 0.465 e. The van der Waals surface area contributed by atoms with E-state index in [2.05, 4.69) is 44.8 Å². The molecule has 3 N–H and O–H groups in total. The molecule has 1 atom stereocenters. The Balaban J connectivity index is 2.02. The number of hydrogen-bond donors (Lipinski definition) is 3. The van der Waals surface area contributed by atoms with E-state index in [0.717, 1.165) is 13.1 Å². The molecule has 1 aliphatic rings. The van der Waals surface area contributed by atoms with Crippen molar-refractivity contribution >= 4 is 11.9 Å². The number of carbonyl (C=O) groups is 1. The third-order valence-electron chi connectivity index (χ3n) is 4.64. The number of benzene rings is 2. The van der Waals surface area contributed by atoms with Crippen molar-refractivity contribution in [2.24, 2.45) is 4.99 Å². The van der Waals surface area contributed by atoms with Gasteiger partial charge in [-0.25, -0.2) is 4.79 Å². The smallest absolute Gasteiger partial charge is 0.410 e. The molecule has 2 aromatic rings. The van der Waals surface area contributed by atoms with Crippen LogP contribution < -0.4 is 10.6 Å². The summed E-state index contributed by atoms with van der Waals surface area (Å²) < 4.78 is 0. The quantitative estimate of drug-likeness (QED) is 0.583. The predicted octanol–water partition coefficient (Wildman–Crippen LogP) is 2.35. The van der Waals surface area contributed by atoms with E-state index in [4.69, 9.17) is 0 Å². The first-order chi connectivity index (χ1) is 12.7. The molecular formula is C20H24N4O2. The van der Waals surface area contributed by atoms with Gasteiger partial charge < -0.3 is 10.4 Å². The highest BCUT2D eigenvalue weighted by molar-refractivity contribution is 5.98. The van der Waals surface area contributed by atoms with Crippen LogP contribution in [0.1, 0.15) is 17.2 Å². The lowest BCUT2D eigenvalue weighted by atomic mass is 9.94. The van der Waals surface area contributed by atoms with Crippen molar-refractivity contribution < 1.29 is 9.90 Å².